The van der Waals surface area contributed by atoms with E-state index < -0.39 is 5.97 Å². The van der Waals surface area contributed by atoms with Crippen molar-refractivity contribution in [2.45, 2.75) is 0 Å². The van der Waals surface area contributed by atoms with E-state index in [1.165, 1.54) is 6.21 Å². The summed E-state index contributed by atoms with van der Waals surface area (Å²) >= 11 is 3.32. The molecule has 3 rings (SSSR count). The van der Waals surface area contributed by atoms with Gasteiger partial charge in [-0.05, 0) is 82.2 Å². The maximum Gasteiger partial charge on any atom is 0.344 e. The summed E-state index contributed by atoms with van der Waals surface area (Å²) in [7, 11) is 0. The predicted molar refractivity (Wildman–Crippen MR) is 112 cm³/mol. The first-order valence-electron chi connectivity index (χ1n) is 8.47. The Morgan fingerprint density at radius 2 is 1.69 bits per heavy atom. The molecule has 142 valence electrons. The average molecular weight is 448 g/mol. The van der Waals surface area contributed by atoms with Crippen LogP contribution in [0.2, 0.25) is 0 Å². The monoisotopic (exact) mass is 447 g/mol. The highest BCUT2D eigenvalue weighted by Gasteiger charge is 2.11. The highest BCUT2D eigenvalue weighted by Crippen LogP contribution is 2.19. The average Bonchev–Trinajstić information content (AvgIpc) is 2.75. The molecule has 29 heavy (non-hydrogen) atoms. The second-order valence-electron chi connectivity index (χ2n) is 5.83. The van der Waals surface area contributed by atoms with Gasteiger partial charge in [0.2, 0.25) is 0 Å². The molecule has 3 aromatic carbocycles. The molecule has 0 unspecified atom stereocenters. The number of hydrogen-bond acceptors (Lipinski definition) is 5. The van der Waals surface area contributed by atoms with Gasteiger partial charge in [0.15, 0.2) is 0 Å². The van der Waals surface area contributed by atoms with Crippen molar-refractivity contribution >= 4 is 34.0 Å². The summed E-state index contributed by atoms with van der Waals surface area (Å²) in [5.74, 6) is -0.456. The van der Waals surface area contributed by atoms with Crippen molar-refractivity contribution in [3.63, 3.8) is 0 Å². The number of nitrogens with one attached hydrogen (secondary N) is 1. The van der Waals surface area contributed by atoms with Crippen molar-refractivity contribution < 1.29 is 14.3 Å². The lowest BCUT2D eigenvalue weighted by Gasteiger charge is -2.06. The van der Waals surface area contributed by atoms with E-state index in [4.69, 9.17) is 10.00 Å². The van der Waals surface area contributed by atoms with Crippen LogP contribution in [0.3, 0.4) is 0 Å². The Balaban J connectivity index is 1.57. The number of nitriles is 1. The molecule has 0 bridgehead atoms. The molecular formula is C22H14BrN3O3. The Morgan fingerprint density at radius 3 is 2.34 bits per heavy atom. The molecule has 1 N–H and O–H groups in total. The van der Waals surface area contributed by atoms with Crippen LogP contribution >= 0.6 is 15.9 Å². The van der Waals surface area contributed by atoms with Crippen molar-refractivity contribution in [1.29, 1.82) is 5.26 Å². The van der Waals surface area contributed by atoms with E-state index >= 15 is 0 Å². The van der Waals surface area contributed by atoms with Gasteiger partial charge in [0.05, 0.1) is 23.4 Å². The molecule has 0 saturated carbocycles. The van der Waals surface area contributed by atoms with E-state index in [1.807, 2.05) is 12.1 Å². The lowest BCUT2D eigenvalue weighted by Crippen LogP contribution is -2.17. The number of carbonyl (C=O) groups excluding carboxylic acids is 2. The summed E-state index contributed by atoms with van der Waals surface area (Å²) in [6.07, 6.45) is 1.47. The summed E-state index contributed by atoms with van der Waals surface area (Å²) in [5, 5.41) is 12.7. The summed E-state index contributed by atoms with van der Waals surface area (Å²) in [5.41, 5.74) is 4.44. The molecular weight excluding hydrogens is 434 g/mol. The largest absolute Gasteiger partial charge is 0.423 e. The molecule has 0 aliphatic heterocycles. The van der Waals surface area contributed by atoms with Crippen LogP contribution in [0.1, 0.15) is 31.8 Å². The predicted octanol–water partition coefficient (Wildman–Crippen LogP) is 4.30. The summed E-state index contributed by atoms with van der Waals surface area (Å²) in [6.45, 7) is 0. The van der Waals surface area contributed by atoms with Crippen LogP contribution in [0, 0.1) is 11.3 Å². The van der Waals surface area contributed by atoms with Gasteiger partial charge < -0.3 is 4.74 Å². The van der Waals surface area contributed by atoms with E-state index in [9.17, 15) is 9.59 Å². The molecule has 0 heterocycles. The summed E-state index contributed by atoms with van der Waals surface area (Å²) in [4.78, 5) is 24.2. The highest BCUT2D eigenvalue weighted by atomic mass is 79.9. The molecule has 0 aliphatic carbocycles. The summed E-state index contributed by atoms with van der Waals surface area (Å²) in [6, 6.07) is 21.9. The van der Waals surface area contributed by atoms with Gasteiger partial charge in [0.1, 0.15) is 5.75 Å². The first-order valence-corrected chi connectivity index (χ1v) is 9.26. The summed E-state index contributed by atoms with van der Waals surface area (Å²) < 4.78 is 6.01. The Hall–Kier alpha value is -3.76. The maximum atomic E-state index is 12.2. The van der Waals surface area contributed by atoms with Gasteiger partial charge in [-0.1, -0.05) is 12.1 Å². The van der Waals surface area contributed by atoms with Gasteiger partial charge in [-0.15, -0.1) is 0 Å². The molecule has 0 atom stereocenters. The topological polar surface area (TPSA) is 91.6 Å². The molecule has 7 heteroatoms. The van der Waals surface area contributed by atoms with Crippen LogP contribution in [-0.4, -0.2) is 18.1 Å². The Morgan fingerprint density at radius 1 is 1.00 bits per heavy atom. The minimum absolute atomic E-state index is 0.385. The number of ether oxygens (including phenoxy) is 1. The molecule has 0 radical (unpaired) electrons. The van der Waals surface area contributed by atoms with Crippen molar-refractivity contribution in [3.05, 3.63) is 99.5 Å². The standard InChI is InChI=1S/C22H14BrN3O3/c23-20-4-2-1-3-19(20)22(28)29-18-11-7-16(8-12-18)14-25-26-21(27)17-9-5-15(13-24)6-10-17/h1-12,14H,(H,26,27)/b25-14-. The SMILES string of the molecule is N#Cc1ccc(C(=O)N/N=C\c2ccc(OC(=O)c3ccccc3Br)cc2)cc1. The van der Waals surface area contributed by atoms with Crippen LogP contribution in [0.15, 0.2) is 82.4 Å². The highest BCUT2D eigenvalue weighted by molar-refractivity contribution is 9.10. The number of hydrazone groups is 1. The van der Waals surface area contributed by atoms with E-state index in [0.29, 0.717) is 32.5 Å². The normalized spacial score (nSPS) is 10.3. The Kier molecular flexibility index (Phi) is 6.51. The first-order chi connectivity index (χ1) is 14.1. The minimum atomic E-state index is -0.464. The Labute approximate surface area is 175 Å². The molecule has 6 nitrogen and oxygen atoms in total. The second-order valence-corrected chi connectivity index (χ2v) is 6.68. The van der Waals surface area contributed by atoms with Gasteiger partial charge in [-0.2, -0.15) is 10.4 Å². The third kappa shape index (κ3) is 5.37. The number of benzene rings is 3. The number of carbonyl (C=O) groups is 2. The molecule has 1 amide bonds. The van der Waals surface area contributed by atoms with Crippen LogP contribution < -0.4 is 10.2 Å². The second kappa shape index (κ2) is 9.44. The number of halogens is 1. The van der Waals surface area contributed by atoms with Crippen molar-refractivity contribution in [3.8, 4) is 11.8 Å². The molecule has 0 aromatic heterocycles. The number of nitrogens with zero attached hydrogens (tertiary/aromatic N) is 2. The molecule has 3 aromatic rings. The smallest absolute Gasteiger partial charge is 0.344 e. The van der Waals surface area contributed by atoms with E-state index in [-0.39, 0.29) is 5.91 Å². The van der Waals surface area contributed by atoms with Crippen molar-refractivity contribution in [1.82, 2.24) is 5.43 Å². The molecule has 0 aliphatic rings. The quantitative estimate of drug-likeness (QED) is 0.273. The number of hydrogen-bond donors (Lipinski definition) is 1. The van der Waals surface area contributed by atoms with E-state index in [2.05, 4.69) is 26.5 Å². The lowest BCUT2D eigenvalue weighted by molar-refractivity contribution is 0.0733. The van der Waals surface area contributed by atoms with Gasteiger partial charge in [0, 0.05) is 10.0 Å². The number of rotatable bonds is 5. The van der Waals surface area contributed by atoms with E-state index in [1.54, 1.807) is 66.7 Å². The fraction of sp³-hybridized carbons (Fsp3) is 0. The number of amides is 1. The Bertz CT molecular complexity index is 1100. The van der Waals surface area contributed by atoms with E-state index in [0.717, 1.165) is 0 Å². The minimum Gasteiger partial charge on any atom is -0.423 e. The fourth-order valence-corrected chi connectivity index (χ4v) is 2.78. The van der Waals surface area contributed by atoms with Gasteiger partial charge in [-0.25, -0.2) is 10.2 Å². The molecule has 0 fully saturated rings. The van der Waals surface area contributed by atoms with Gasteiger partial charge in [0.25, 0.3) is 5.91 Å². The van der Waals surface area contributed by atoms with Crippen LogP contribution in [0.25, 0.3) is 0 Å². The van der Waals surface area contributed by atoms with Crippen LogP contribution in [0.5, 0.6) is 5.75 Å². The molecule has 0 saturated heterocycles. The molecule has 0 spiro atoms. The van der Waals surface area contributed by atoms with Gasteiger partial charge in [-0.3, -0.25) is 4.79 Å². The first kappa shape index (κ1) is 20.0. The van der Waals surface area contributed by atoms with Gasteiger partial charge >= 0.3 is 5.97 Å². The fourth-order valence-electron chi connectivity index (χ4n) is 2.34. The number of esters is 1. The zero-order valence-electron chi connectivity index (χ0n) is 15.0. The lowest BCUT2D eigenvalue weighted by atomic mass is 10.1. The maximum absolute atomic E-state index is 12.2. The third-order valence-corrected chi connectivity index (χ3v) is 4.53. The van der Waals surface area contributed by atoms with Crippen LogP contribution in [-0.2, 0) is 0 Å². The third-order valence-electron chi connectivity index (χ3n) is 3.84. The van der Waals surface area contributed by atoms with Crippen molar-refractivity contribution in [2.75, 3.05) is 0 Å². The van der Waals surface area contributed by atoms with Crippen LogP contribution in [0.4, 0.5) is 0 Å². The zero-order chi connectivity index (χ0) is 20.6. The van der Waals surface area contributed by atoms with Crippen molar-refractivity contribution in [2.24, 2.45) is 5.10 Å². The zero-order valence-corrected chi connectivity index (χ0v) is 16.6.